The number of halogens is 1. The number of carbonyl (C=O) groups excluding carboxylic acids is 1. The summed E-state index contributed by atoms with van der Waals surface area (Å²) in [6.07, 6.45) is 4.55. The van der Waals surface area contributed by atoms with E-state index in [-0.39, 0.29) is 5.91 Å². The molecule has 3 aromatic rings. The summed E-state index contributed by atoms with van der Waals surface area (Å²) in [5, 5.41) is 8.58. The van der Waals surface area contributed by atoms with Crippen LogP contribution >= 0.6 is 11.6 Å². The van der Waals surface area contributed by atoms with Crippen molar-refractivity contribution in [1.82, 2.24) is 20.2 Å². The van der Waals surface area contributed by atoms with Crippen LogP contribution in [0.4, 0.5) is 0 Å². The van der Waals surface area contributed by atoms with Crippen LogP contribution in [0.25, 0.3) is 5.69 Å². The van der Waals surface area contributed by atoms with Crippen molar-refractivity contribution in [3.05, 3.63) is 76.8 Å². The molecule has 6 nitrogen and oxygen atoms in total. The first-order valence-electron chi connectivity index (χ1n) is 7.21. The van der Waals surface area contributed by atoms with Crippen LogP contribution in [0.5, 0.6) is 0 Å². The molecule has 0 radical (unpaired) electrons. The van der Waals surface area contributed by atoms with Gasteiger partial charge in [-0.05, 0) is 31.2 Å². The summed E-state index contributed by atoms with van der Waals surface area (Å²) in [4.78, 5) is 15.8. The summed E-state index contributed by atoms with van der Waals surface area (Å²) < 4.78 is 1.73. The third kappa shape index (κ3) is 3.33. The van der Waals surface area contributed by atoms with E-state index in [1.54, 1.807) is 23.0 Å². The number of nitrogens with zero attached hydrogens (tertiary/aromatic N) is 4. The lowest BCUT2D eigenvalue weighted by Gasteiger charge is -2.03. The van der Waals surface area contributed by atoms with Crippen LogP contribution in [-0.2, 0) is 0 Å². The van der Waals surface area contributed by atoms with Gasteiger partial charge in [-0.2, -0.15) is 10.2 Å². The fraction of sp³-hybridized carbons (Fsp3) is 0.0588. The van der Waals surface area contributed by atoms with Crippen LogP contribution in [-0.4, -0.2) is 26.9 Å². The highest BCUT2D eigenvalue weighted by molar-refractivity contribution is 6.32. The Morgan fingerprint density at radius 2 is 2.04 bits per heavy atom. The van der Waals surface area contributed by atoms with Gasteiger partial charge in [0, 0.05) is 12.4 Å². The Hall–Kier alpha value is -2.99. The Balaban J connectivity index is 1.78. The lowest BCUT2D eigenvalue weighted by molar-refractivity contribution is 0.0955. The van der Waals surface area contributed by atoms with E-state index in [1.165, 1.54) is 12.4 Å². The quantitative estimate of drug-likeness (QED) is 0.586. The van der Waals surface area contributed by atoms with Crippen LogP contribution in [0.1, 0.15) is 21.6 Å². The van der Waals surface area contributed by atoms with Crippen LogP contribution < -0.4 is 5.43 Å². The fourth-order valence-electron chi connectivity index (χ4n) is 2.16. The van der Waals surface area contributed by atoms with E-state index in [2.05, 4.69) is 20.6 Å². The molecule has 1 amide bonds. The summed E-state index contributed by atoms with van der Waals surface area (Å²) in [7, 11) is 0. The normalized spacial score (nSPS) is 10.9. The van der Waals surface area contributed by atoms with E-state index in [9.17, 15) is 4.79 Å². The van der Waals surface area contributed by atoms with Crippen molar-refractivity contribution in [2.24, 2.45) is 5.10 Å². The molecule has 0 fully saturated rings. The van der Waals surface area contributed by atoms with Gasteiger partial charge in [0.1, 0.15) is 0 Å². The van der Waals surface area contributed by atoms with Crippen LogP contribution in [0.2, 0.25) is 5.15 Å². The molecule has 2 aromatic heterocycles. The van der Waals surface area contributed by atoms with Gasteiger partial charge < -0.3 is 0 Å². The number of benzene rings is 1. The maximum Gasteiger partial charge on any atom is 0.272 e. The van der Waals surface area contributed by atoms with Gasteiger partial charge >= 0.3 is 0 Å². The molecule has 3 rings (SSSR count). The highest BCUT2D eigenvalue weighted by Crippen LogP contribution is 2.20. The van der Waals surface area contributed by atoms with Gasteiger partial charge in [-0.15, -0.1) is 0 Å². The zero-order valence-electron chi connectivity index (χ0n) is 12.8. The first-order chi connectivity index (χ1) is 11.7. The number of hydrazone groups is 1. The van der Waals surface area contributed by atoms with Crippen molar-refractivity contribution in [3.63, 3.8) is 0 Å². The Kier molecular flexibility index (Phi) is 4.67. The van der Waals surface area contributed by atoms with Crippen LogP contribution in [0, 0.1) is 6.92 Å². The average Bonchev–Trinajstić information content (AvgIpc) is 2.91. The molecule has 120 valence electrons. The lowest BCUT2D eigenvalue weighted by Crippen LogP contribution is -2.17. The minimum atomic E-state index is -0.344. The largest absolute Gasteiger partial charge is 0.272 e. The van der Waals surface area contributed by atoms with Crippen molar-refractivity contribution in [1.29, 1.82) is 0 Å². The minimum Gasteiger partial charge on any atom is -0.267 e. The number of amides is 1. The molecule has 0 aliphatic rings. The highest BCUT2D eigenvalue weighted by Gasteiger charge is 2.12. The summed E-state index contributed by atoms with van der Waals surface area (Å²) in [6.45, 7) is 1.89. The molecule has 0 saturated heterocycles. The molecule has 7 heteroatoms. The topological polar surface area (TPSA) is 72.2 Å². The number of carbonyl (C=O) groups is 1. The second-order valence-corrected chi connectivity index (χ2v) is 5.34. The molecule has 0 spiro atoms. The maximum absolute atomic E-state index is 11.9. The van der Waals surface area contributed by atoms with E-state index in [0.29, 0.717) is 16.3 Å². The lowest BCUT2D eigenvalue weighted by atomic mass is 10.2. The highest BCUT2D eigenvalue weighted by atomic mass is 35.5. The molecule has 0 unspecified atom stereocenters. The second-order valence-electron chi connectivity index (χ2n) is 4.98. The van der Waals surface area contributed by atoms with Gasteiger partial charge in [-0.3, -0.25) is 9.78 Å². The Morgan fingerprint density at radius 1 is 1.25 bits per heavy atom. The van der Waals surface area contributed by atoms with Gasteiger partial charge in [0.15, 0.2) is 5.15 Å². The van der Waals surface area contributed by atoms with Gasteiger partial charge in [0.05, 0.1) is 28.7 Å². The van der Waals surface area contributed by atoms with E-state index in [4.69, 9.17) is 11.6 Å². The smallest absolute Gasteiger partial charge is 0.267 e. The predicted octanol–water partition coefficient (Wildman–Crippen LogP) is 2.99. The third-order valence-corrected chi connectivity index (χ3v) is 3.68. The van der Waals surface area contributed by atoms with Gasteiger partial charge in [0.25, 0.3) is 5.91 Å². The summed E-state index contributed by atoms with van der Waals surface area (Å²) >= 11 is 6.19. The number of aromatic nitrogens is 3. The molecular formula is C17H14ClN5O. The molecule has 0 aliphatic carbocycles. The van der Waals surface area contributed by atoms with Crippen LogP contribution in [0.15, 0.2) is 60.0 Å². The van der Waals surface area contributed by atoms with E-state index in [0.717, 1.165) is 11.4 Å². The van der Waals surface area contributed by atoms with Crippen molar-refractivity contribution in [3.8, 4) is 5.69 Å². The number of para-hydroxylation sites is 1. The SMILES string of the molecule is Cc1c(/C=N\NC(=O)c2cccnc2)c(Cl)nn1-c1ccccc1. The Bertz CT molecular complexity index is 875. The second kappa shape index (κ2) is 7.06. The summed E-state index contributed by atoms with van der Waals surface area (Å²) in [6, 6.07) is 13.0. The van der Waals surface area contributed by atoms with E-state index >= 15 is 0 Å². The monoisotopic (exact) mass is 339 g/mol. The van der Waals surface area contributed by atoms with Crippen LogP contribution in [0.3, 0.4) is 0 Å². The molecule has 1 N–H and O–H groups in total. The third-order valence-electron chi connectivity index (χ3n) is 3.40. The molecule has 0 bridgehead atoms. The summed E-state index contributed by atoms with van der Waals surface area (Å²) in [5.41, 5.74) is 5.24. The molecule has 2 heterocycles. The van der Waals surface area contributed by atoms with Gasteiger partial charge in [-0.1, -0.05) is 29.8 Å². The van der Waals surface area contributed by atoms with Gasteiger partial charge in [-0.25, -0.2) is 10.1 Å². The standard InChI is InChI=1S/C17H14ClN5O/c1-12-15(11-20-21-17(24)13-6-5-9-19-10-13)16(18)22-23(12)14-7-3-2-4-8-14/h2-11H,1H3,(H,21,24)/b20-11-. The number of nitrogens with one attached hydrogen (secondary N) is 1. The Morgan fingerprint density at radius 3 is 2.75 bits per heavy atom. The van der Waals surface area contributed by atoms with Crippen molar-refractivity contribution < 1.29 is 4.79 Å². The molecule has 0 saturated carbocycles. The maximum atomic E-state index is 11.9. The first kappa shape index (κ1) is 15.9. The average molecular weight is 340 g/mol. The zero-order chi connectivity index (χ0) is 16.9. The number of rotatable bonds is 4. The number of hydrogen-bond donors (Lipinski definition) is 1. The fourth-order valence-corrected chi connectivity index (χ4v) is 2.43. The number of hydrogen-bond acceptors (Lipinski definition) is 4. The van der Waals surface area contributed by atoms with Gasteiger partial charge in [0.2, 0.25) is 0 Å². The van der Waals surface area contributed by atoms with E-state index < -0.39 is 0 Å². The van der Waals surface area contributed by atoms with Crippen molar-refractivity contribution >= 4 is 23.7 Å². The van der Waals surface area contributed by atoms with Crippen molar-refractivity contribution in [2.75, 3.05) is 0 Å². The molecule has 0 aliphatic heterocycles. The number of pyridine rings is 1. The molecular weight excluding hydrogens is 326 g/mol. The first-order valence-corrected chi connectivity index (χ1v) is 7.58. The van der Waals surface area contributed by atoms with Crippen molar-refractivity contribution in [2.45, 2.75) is 6.92 Å². The zero-order valence-corrected chi connectivity index (χ0v) is 13.6. The summed E-state index contributed by atoms with van der Waals surface area (Å²) in [5.74, 6) is -0.344. The molecule has 24 heavy (non-hydrogen) atoms. The molecule has 0 atom stereocenters. The van der Waals surface area contributed by atoms with E-state index in [1.807, 2.05) is 37.3 Å². The minimum absolute atomic E-state index is 0.315. The predicted molar refractivity (Wildman–Crippen MR) is 92.6 cm³/mol. The molecule has 1 aromatic carbocycles. The Labute approximate surface area is 143 Å².